The van der Waals surface area contributed by atoms with E-state index in [0.29, 0.717) is 6.54 Å². The molecule has 0 aliphatic carbocycles. The van der Waals surface area contributed by atoms with Gasteiger partial charge < -0.3 is 9.47 Å². The molecule has 1 aliphatic rings. The first-order valence-electron chi connectivity index (χ1n) is 8.27. The fourth-order valence-electron chi connectivity index (χ4n) is 3.16. The number of likely N-dealkylation sites (N-methyl/N-ethyl adjacent to an activating group) is 1. The van der Waals surface area contributed by atoms with Gasteiger partial charge in [0.2, 0.25) is 5.91 Å². The minimum Gasteiger partial charge on any atom is -0.347 e. The van der Waals surface area contributed by atoms with Crippen molar-refractivity contribution < 1.29 is 9.18 Å². The van der Waals surface area contributed by atoms with Crippen molar-refractivity contribution in [2.75, 3.05) is 20.6 Å². The second kappa shape index (κ2) is 7.58. The molecule has 0 saturated carbocycles. The molecule has 0 N–H and O–H groups in total. The van der Waals surface area contributed by atoms with E-state index in [1.807, 2.05) is 23.9 Å². The Kier molecular flexibility index (Phi) is 5.44. The Balaban J connectivity index is 1.75. The van der Waals surface area contributed by atoms with Crippen molar-refractivity contribution in [3.8, 4) is 0 Å². The first-order valence-corrected chi connectivity index (χ1v) is 9.15. The number of carbonyl (C=O) groups is 1. The van der Waals surface area contributed by atoms with Crippen LogP contribution < -0.4 is 0 Å². The normalized spacial score (nSPS) is 20.8. The molecular weight excluding hydrogens is 339 g/mol. The third-order valence-corrected chi connectivity index (χ3v) is 5.69. The smallest absolute Gasteiger partial charge is 0.239 e. The molecule has 1 aliphatic heterocycles. The van der Waals surface area contributed by atoms with Gasteiger partial charge in [0.15, 0.2) is 5.16 Å². The average molecular weight is 362 g/mol. The molecule has 2 atom stereocenters. The van der Waals surface area contributed by atoms with Crippen LogP contribution >= 0.6 is 11.8 Å². The molecule has 1 aromatic carbocycles. The van der Waals surface area contributed by atoms with Crippen LogP contribution in [0.25, 0.3) is 0 Å². The van der Waals surface area contributed by atoms with Crippen molar-refractivity contribution in [2.24, 2.45) is 7.05 Å². The molecule has 1 saturated heterocycles. The molecule has 1 fully saturated rings. The van der Waals surface area contributed by atoms with Crippen LogP contribution in [0.5, 0.6) is 0 Å². The highest BCUT2D eigenvalue weighted by atomic mass is 32.2. The van der Waals surface area contributed by atoms with E-state index in [-0.39, 0.29) is 23.0 Å². The zero-order valence-corrected chi connectivity index (χ0v) is 15.5. The molecule has 3 rings (SSSR count). The highest BCUT2D eigenvalue weighted by Crippen LogP contribution is 2.33. The molecule has 25 heavy (non-hydrogen) atoms. The molecule has 7 heteroatoms. The van der Waals surface area contributed by atoms with Crippen LogP contribution in [0.2, 0.25) is 0 Å². The predicted octanol–water partition coefficient (Wildman–Crippen LogP) is 2.38. The maximum atomic E-state index is 13.5. The fraction of sp³-hybridized carbons (Fsp3) is 0.444. The minimum absolute atomic E-state index is 0.0966. The standard InChI is InChI=1S/C18H23FN4OS/c1-21(2)17(24)16-10-15(25-18-20-7-8-22(18)3)12-23(16)11-13-5-4-6-14(19)9-13/h4-9,15-16H,10-12H2,1-3H3/t15-,16+/m1/s1. The number of aryl methyl sites for hydroxylation is 1. The Morgan fingerprint density at radius 1 is 1.44 bits per heavy atom. The van der Waals surface area contributed by atoms with Crippen LogP contribution in [0.4, 0.5) is 4.39 Å². The molecule has 1 aromatic heterocycles. The van der Waals surface area contributed by atoms with Crippen molar-refractivity contribution in [3.63, 3.8) is 0 Å². The van der Waals surface area contributed by atoms with E-state index in [0.717, 1.165) is 23.7 Å². The monoisotopic (exact) mass is 362 g/mol. The van der Waals surface area contributed by atoms with Crippen LogP contribution in [0.3, 0.4) is 0 Å². The van der Waals surface area contributed by atoms with E-state index < -0.39 is 0 Å². The summed E-state index contributed by atoms with van der Waals surface area (Å²) >= 11 is 1.70. The van der Waals surface area contributed by atoms with Gasteiger partial charge >= 0.3 is 0 Å². The molecular formula is C18H23FN4OS. The summed E-state index contributed by atoms with van der Waals surface area (Å²) in [4.78, 5) is 20.8. The van der Waals surface area contributed by atoms with Crippen molar-refractivity contribution in [1.29, 1.82) is 0 Å². The number of halogens is 1. The summed E-state index contributed by atoms with van der Waals surface area (Å²) in [5.74, 6) is -0.148. The van der Waals surface area contributed by atoms with Crippen molar-refractivity contribution in [1.82, 2.24) is 19.4 Å². The fourth-order valence-corrected chi connectivity index (χ4v) is 4.35. The summed E-state index contributed by atoms with van der Waals surface area (Å²) < 4.78 is 15.5. The predicted molar refractivity (Wildman–Crippen MR) is 96.8 cm³/mol. The number of carbonyl (C=O) groups excluding carboxylic acids is 1. The van der Waals surface area contributed by atoms with Crippen LogP contribution in [0, 0.1) is 5.82 Å². The van der Waals surface area contributed by atoms with E-state index in [1.54, 1.807) is 43.0 Å². The number of nitrogens with zero attached hydrogens (tertiary/aromatic N) is 4. The van der Waals surface area contributed by atoms with E-state index in [9.17, 15) is 9.18 Å². The van der Waals surface area contributed by atoms with Crippen molar-refractivity contribution in [3.05, 3.63) is 48.0 Å². The summed E-state index contributed by atoms with van der Waals surface area (Å²) in [5, 5.41) is 1.23. The number of imidazole rings is 1. The Labute approximate surface area is 151 Å². The second-order valence-corrected chi connectivity index (χ2v) is 7.87. The Hall–Kier alpha value is -1.86. The van der Waals surface area contributed by atoms with Crippen LogP contribution in [0.1, 0.15) is 12.0 Å². The van der Waals surface area contributed by atoms with Gasteiger partial charge in [-0.2, -0.15) is 0 Å². The van der Waals surface area contributed by atoms with Gasteiger partial charge in [-0.05, 0) is 24.1 Å². The second-order valence-electron chi connectivity index (χ2n) is 6.60. The number of amides is 1. The Bertz CT molecular complexity index is 748. The summed E-state index contributed by atoms with van der Waals surface area (Å²) in [7, 11) is 5.53. The zero-order valence-electron chi connectivity index (χ0n) is 14.7. The number of benzene rings is 1. The van der Waals surface area contributed by atoms with Gasteiger partial charge in [-0.15, -0.1) is 0 Å². The topological polar surface area (TPSA) is 41.4 Å². The lowest BCUT2D eigenvalue weighted by Crippen LogP contribution is -2.42. The quantitative estimate of drug-likeness (QED) is 0.819. The number of aromatic nitrogens is 2. The van der Waals surface area contributed by atoms with E-state index in [4.69, 9.17) is 0 Å². The van der Waals surface area contributed by atoms with Gasteiger partial charge in [-0.3, -0.25) is 9.69 Å². The molecule has 134 valence electrons. The van der Waals surface area contributed by atoms with Gasteiger partial charge in [0.1, 0.15) is 5.82 Å². The van der Waals surface area contributed by atoms with Gasteiger partial charge in [0.05, 0.1) is 6.04 Å². The van der Waals surface area contributed by atoms with E-state index >= 15 is 0 Å². The minimum atomic E-state index is -0.244. The van der Waals surface area contributed by atoms with Gasteiger partial charge in [-0.25, -0.2) is 9.37 Å². The number of thioether (sulfide) groups is 1. The maximum absolute atomic E-state index is 13.5. The third-order valence-electron chi connectivity index (χ3n) is 4.41. The van der Waals surface area contributed by atoms with Crippen molar-refractivity contribution >= 4 is 17.7 Å². The SMILES string of the molecule is CN(C)C(=O)[C@@H]1C[C@@H](Sc2nccn2C)CN1Cc1cccc(F)c1. The van der Waals surface area contributed by atoms with Crippen molar-refractivity contribution in [2.45, 2.75) is 29.4 Å². The highest BCUT2D eigenvalue weighted by Gasteiger charge is 2.38. The number of rotatable bonds is 5. The number of likely N-dealkylation sites (tertiary alicyclic amines) is 1. The van der Waals surface area contributed by atoms with Gasteiger partial charge in [0, 0.05) is 51.9 Å². The average Bonchev–Trinajstić information content (AvgIpc) is 3.13. The third kappa shape index (κ3) is 4.22. The molecule has 2 heterocycles. The summed E-state index contributed by atoms with van der Waals surface area (Å²) in [6.07, 6.45) is 4.47. The molecule has 0 bridgehead atoms. The summed E-state index contributed by atoms with van der Waals surface area (Å²) in [6.45, 7) is 1.35. The maximum Gasteiger partial charge on any atom is 0.239 e. The summed E-state index contributed by atoms with van der Waals surface area (Å²) in [5.41, 5.74) is 0.888. The largest absolute Gasteiger partial charge is 0.347 e. The first kappa shape index (κ1) is 17.9. The van der Waals surface area contributed by atoms with Crippen LogP contribution in [-0.4, -0.2) is 57.2 Å². The molecule has 5 nitrogen and oxygen atoms in total. The molecule has 2 aromatic rings. The van der Waals surface area contributed by atoms with Crippen LogP contribution in [0.15, 0.2) is 41.8 Å². The van der Waals surface area contributed by atoms with E-state index in [2.05, 4.69) is 9.88 Å². The van der Waals surface area contributed by atoms with Gasteiger partial charge in [-0.1, -0.05) is 23.9 Å². The zero-order chi connectivity index (χ0) is 18.0. The van der Waals surface area contributed by atoms with E-state index in [1.165, 1.54) is 12.1 Å². The number of hydrogen-bond donors (Lipinski definition) is 0. The molecule has 1 amide bonds. The van der Waals surface area contributed by atoms with Gasteiger partial charge in [0.25, 0.3) is 0 Å². The molecule has 0 spiro atoms. The molecule has 0 radical (unpaired) electrons. The number of hydrogen-bond acceptors (Lipinski definition) is 4. The highest BCUT2D eigenvalue weighted by molar-refractivity contribution is 7.99. The lowest BCUT2D eigenvalue weighted by molar-refractivity contribution is -0.133. The molecule has 0 unspecified atom stereocenters. The first-order chi connectivity index (χ1) is 11.9. The lowest BCUT2D eigenvalue weighted by atomic mass is 10.1. The Morgan fingerprint density at radius 3 is 2.88 bits per heavy atom. The lowest BCUT2D eigenvalue weighted by Gasteiger charge is -2.25. The Morgan fingerprint density at radius 2 is 2.24 bits per heavy atom. The summed E-state index contributed by atoms with van der Waals surface area (Å²) in [6, 6.07) is 6.41. The van der Waals surface area contributed by atoms with Crippen LogP contribution in [-0.2, 0) is 18.4 Å².